The molecule has 1 aliphatic heterocycles. The quantitative estimate of drug-likeness (QED) is 0.852. The average molecular weight is 272 g/mol. The molecule has 0 saturated carbocycles. The fraction of sp³-hybridized carbons (Fsp3) is 0.727. The molecule has 0 bridgehead atoms. The predicted molar refractivity (Wildman–Crippen MR) is 68.7 cm³/mol. The summed E-state index contributed by atoms with van der Waals surface area (Å²) in [4.78, 5) is 2.30. The van der Waals surface area contributed by atoms with E-state index in [1.807, 2.05) is 0 Å². The normalized spacial score (nSPS) is 20.2. The molecule has 18 heavy (non-hydrogen) atoms. The van der Waals surface area contributed by atoms with Crippen molar-refractivity contribution in [3.8, 4) is 0 Å². The van der Waals surface area contributed by atoms with Crippen LogP contribution in [0.3, 0.4) is 0 Å². The topological polar surface area (TPSA) is 69.3 Å². The summed E-state index contributed by atoms with van der Waals surface area (Å²) in [6.07, 6.45) is 1.46. The molecule has 0 amide bonds. The van der Waals surface area contributed by atoms with Crippen LogP contribution in [0.5, 0.6) is 0 Å². The van der Waals surface area contributed by atoms with Gasteiger partial charge in [-0.25, -0.2) is 8.42 Å². The van der Waals surface area contributed by atoms with Gasteiger partial charge in [-0.15, -0.1) is 0 Å². The van der Waals surface area contributed by atoms with Gasteiger partial charge in [0.1, 0.15) is 0 Å². The average Bonchev–Trinajstić information content (AvgIpc) is 2.82. The number of aromatic nitrogens is 2. The highest BCUT2D eigenvalue weighted by Gasteiger charge is 2.32. The minimum Gasteiger partial charge on any atom is -0.296 e. The molecule has 0 spiro atoms. The number of hydrogen-bond donors (Lipinski definition) is 1. The lowest BCUT2D eigenvalue weighted by atomic mass is 10.1. The van der Waals surface area contributed by atoms with Gasteiger partial charge in [-0.1, -0.05) is 0 Å². The lowest BCUT2D eigenvalue weighted by molar-refractivity contribution is 0.0921. The fourth-order valence-electron chi connectivity index (χ4n) is 2.13. The molecule has 0 aromatic carbocycles. The SMILES string of the molecule is CC(C)(C)N1CCN(S(=O)(=O)c2ccn[nH]2)CC1. The van der Waals surface area contributed by atoms with Crippen molar-refractivity contribution in [2.45, 2.75) is 31.3 Å². The van der Waals surface area contributed by atoms with Gasteiger partial charge in [-0.2, -0.15) is 9.40 Å². The number of piperazine rings is 1. The maximum absolute atomic E-state index is 12.2. The molecule has 0 radical (unpaired) electrons. The first-order valence-corrected chi connectivity index (χ1v) is 7.50. The molecular formula is C11H20N4O2S. The number of nitrogens with zero attached hydrogens (tertiary/aromatic N) is 3. The molecule has 0 aliphatic carbocycles. The van der Waals surface area contributed by atoms with Gasteiger partial charge in [0.25, 0.3) is 10.0 Å². The van der Waals surface area contributed by atoms with E-state index in [0.29, 0.717) is 13.1 Å². The Morgan fingerprint density at radius 1 is 1.22 bits per heavy atom. The summed E-state index contributed by atoms with van der Waals surface area (Å²) in [5.74, 6) is 0. The Labute approximate surface area is 108 Å². The first-order chi connectivity index (χ1) is 8.32. The minimum atomic E-state index is -3.40. The van der Waals surface area contributed by atoms with Crippen LogP contribution in [0.15, 0.2) is 17.3 Å². The second-order valence-corrected chi connectivity index (χ2v) is 7.39. The van der Waals surface area contributed by atoms with Crippen molar-refractivity contribution in [2.75, 3.05) is 26.2 Å². The molecule has 0 atom stereocenters. The summed E-state index contributed by atoms with van der Waals surface area (Å²) < 4.78 is 26.0. The van der Waals surface area contributed by atoms with Crippen LogP contribution < -0.4 is 0 Å². The molecule has 1 aromatic rings. The van der Waals surface area contributed by atoms with Crippen molar-refractivity contribution in [2.24, 2.45) is 0 Å². The zero-order valence-electron chi connectivity index (χ0n) is 11.0. The highest BCUT2D eigenvalue weighted by molar-refractivity contribution is 7.89. The standard InChI is InChI=1S/C11H20N4O2S/c1-11(2,3)14-6-8-15(9-7-14)18(16,17)10-4-5-12-13-10/h4-5H,6-9H2,1-3H3,(H,12,13). The zero-order chi connectivity index (χ0) is 13.4. The lowest BCUT2D eigenvalue weighted by Crippen LogP contribution is -2.54. The molecule has 2 heterocycles. The van der Waals surface area contributed by atoms with Crippen molar-refractivity contribution in [1.29, 1.82) is 0 Å². The second kappa shape index (κ2) is 4.64. The first-order valence-electron chi connectivity index (χ1n) is 6.06. The highest BCUT2D eigenvalue weighted by atomic mass is 32.2. The van der Waals surface area contributed by atoms with Crippen LogP contribution in [0, 0.1) is 0 Å². The van der Waals surface area contributed by atoms with Crippen molar-refractivity contribution < 1.29 is 8.42 Å². The second-order valence-electron chi connectivity index (χ2n) is 5.48. The molecule has 2 rings (SSSR count). The van der Waals surface area contributed by atoms with Gasteiger partial charge in [0, 0.05) is 31.7 Å². The Hall–Kier alpha value is -0.920. The fourth-order valence-corrected chi connectivity index (χ4v) is 3.45. The molecule has 1 saturated heterocycles. The summed E-state index contributed by atoms with van der Waals surface area (Å²) in [6.45, 7) is 9.01. The highest BCUT2D eigenvalue weighted by Crippen LogP contribution is 2.19. The maximum Gasteiger partial charge on any atom is 0.260 e. The van der Waals surface area contributed by atoms with Gasteiger partial charge in [-0.3, -0.25) is 10.00 Å². The van der Waals surface area contributed by atoms with Crippen LogP contribution in [0.1, 0.15) is 20.8 Å². The van der Waals surface area contributed by atoms with E-state index in [0.717, 1.165) is 13.1 Å². The van der Waals surface area contributed by atoms with E-state index in [2.05, 4.69) is 35.9 Å². The van der Waals surface area contributed by atoms with Gasteiger partial charge in [-0.05, 0) is 26.8 Å². The van der Waals surface area contributed by atoms with Crippen molar-refractivity contribution in [3.05, 3.63) is 12.3 Å². The Kier molecular flexibility index (Phi) is 3.48. The lowest BCUT2D eigenvalue weighted by Gasteiger charge is -2.41. The summed E-state index contributed by atoms with van der Waals surface area (Å²) in [5.41, 5.74) is 0.0871. The van der Waals surface area contributed by atoms with E-state index in [-0.39, 0.29) is 10.6 Å². The molecule has 1 fully saturated rings. The third kappa shape index (κ3) is 2.57. The van der Waals surface area contributed by atoms with Gasteiger partial charge in [0.15, 0.2) is 5.03 Å². The Morgan fingerprint density at radius 3 is 2.28 bits per heavy atom. The van der Waals surface area contributed by atoms with Crippen LogP contribution >= 0.6 is 0 Å². The Balaban J connectivity index is 2.07. The number of H-pyrrole nitrogens is 1. The monoisotopic (exact) mass is 272 g/mol. The van der Waals surface area contributed by atoms with Crippen LogP contribution in [0.25, 0.3) is 0 Å². The smallest absolute Gasteiger partial charge is 0.260 e. The summed E-state index contributed by atoms with van der Waals surface area (Å²) in [7, 11) is -3.40. The van der Waals surface area contributed by atoms with Crippen molar-refractivity contribution >= 4 is 10.0 Å². The Morgan fingerprint density at radius 2 is 1.83 bits per heavy atom. The van der Waals surface area contributed by atoms with E-state index >= 15 is 0 Å². The molecule has 7 heteroatoms. The predicted octanol–water partition coefficient (Wildman–Crippen LogP) is 0.515. The summed E-state index contributed by atoms with van der Waals surface area (Å²) in [6, 6.07) is 1.49. The van der Waals surface area contributed by atoms with E-state index in [1.165, 1.54) is 16.6 Å². The third-order valence-electron chi connectivity index (χ3n) is 3.28. The zero-order valence-corrected chi connectivity index (χ0v) is 11.9. The van der Waals surface area contributed by atoms with Crippen molar-refractivity contribution in [1.82, 2.24) is 19.4 Å². The van der Waals surface area contributed by atoms with Gasteiger partial charge in [0.05, 0.1) is 6.20 Å². The van der Waals surface area contributed by atoms with E-state index in [4.69, 9.17) is 0 Å². The van der Waals surface area contributed by atoms with Crippen LogP contribution in [-0.4, -0.2) is 59.5 Å². The van der Waals surface area contributed by atoms with E-state index in [1.54, 1.807) is 0 Å². The van der Waals surface area contributed by atoms with Gasteiger partial charge >= 0.3 is 0 Å². The van der Waals surface area contributed by atoms with E-state index in [9.17, 15) is 8.42 Å². The number of nitrogens with one attached hydrogen (secondary N) is 1. The Bertz CT molecular complexity index is 482. The first kappa shape index (κ1) is 13.5. The molecule has 0 unspecified atom stereocenters. The molecule has 1 aromatic heterocycles. The van der Waals surface area contributed by atoms with Gasteiger partial charge < -0.3 is 0 Å². The summed E-state index contributed by atoms with van der Waals surface area (Å²) in [5, 5.41) is 6.39. The van der Waals surface area contributed by atoms with Crippen molar-refractivity contribution in [3.63, 3.8) is 0 Å². The molecule has 1 aliphatic rings. The molecular weight excluding hydrogens is 252 g/mol. The summed E-state index contributed by atoms with van der Waals surface area (Å²) >= 11 is 0. The maximum atomic E-state index is 12.2. The van der Waals surface area contributed by atoms with E-state index < -0.39 is 10.0 Å². The third-order valence-corrected chi connectivity index (χ3v) is 5.11. The molecule has 6 nitrogen and oxygen atoms in total. The van der Waals surface area contributed by atoms with Gasteiger partial charge in [0.2, 0.25) is 0 Å². The van der Waals surface area contributed by atoms with Crippen LogP contribution in [0.2, 0.25) is 0 Å². The largest absolute Gasteiger partial charge is 0.296 e. The number of hydrogen-bond acceptors (Lipinski definition) is 4. The number of sulfonamides is 1. The minimum absolute atomic E-state index is 0.0871. The van der Waals surface area contributed by atoms with Crippen LogP contribution in [0.4, 0.5) is 0 Å². The number of aromatic amines is 1. The molecule has 1 N–H and O–H groups in total. The van der Waals surface area contributed by atoms with Crippen LogP contribution in [-0.2, 0) is 10.0 Å². The molecule has 102 valence electrons. The number of rotatable bonds is 2.